The molecule has 0 unspecified atom stereocenters. The Kier molecular flexibility index (Phi) is 5.91. The molecule has 1 N–H and O–H groups in total. The lowest BCUT2D eigenvalue weighted by Crippen LogP contribution is -2.30. The van der Waals surface area contributed by atoms with E-state index in [1.165, 1.54) is 50.6 Å². The lowest BCUT2D eigenvalue weighted by Gasteiger charge is -2.30. The SMILES string of the molecule is Cc1ccccc1N1CCc2nn(-c3c(C)cccc3C)c(-c3ccc(NC(C)C)cc3)c2C1. The standard InChI is InChI=1S/C30H34N4/c1-20(2)31-25-15-13-24(14-16-25)30-26-19-33(28-12-7-6-9-21(28)3)18-17-27(26)32-34(30)29-22(4)10-8-11-23(29)5/h6-16,20,31H,17-19H2,1-5H3. The first kappa shape index (κ1) is 22.3. The molecule has 3 aromatic carbocycles. The fraction of sp³-hybridized carbons (Fsp3) is 0.300. The van der Waals surface area contributed by atoms with Crippen molar-refractivity contribution < 1.29 is 0 Å². The van der Waals surface area contributed by atoms with Crippen molar-refractivity contribution in [1.29, 1.82) is 0 Å². The van der Waals surface area contributed by atoms with Crippen molar-refractivity contribution in [2.45, 2.75) is 53.6 Å². The second kappa shape index (κ2) is 9.02. The molecule has 0 fully saturated rings. The van der Waals surface area contributed by atoms with Crippen molar-refractivity contribution in [1.82, 2.24) is 9.78 Å². The van der Waals surface area contributed by atoms with E-state index in [0.29, 0.717) is 6.04 Å². The maximum atomic E-state index is 5.21. The van der Waals surface area contributed by atoms with E-state index >= 15 is 0 Å². The summed E-state index contributed by atoms with van der Waals surface area (Å²) in [7, 11) is 0. The van der Waals surface area contributed by atoms with Crippen LogP contribution < -0.4 is 10.2 Å². The second-order valence-electron chi connectivity index (χ2n) is 9.76. The van der Waals surface area contributed by atoms with Gasteiger partial charge < -0.3 is 10.2 Å². The van der Waals surface area contributed by atoms with Crippen LogP contribution in [0, 0.1) is 20.8 Å². The molecule has 1 aliphatic rings. The number of benzene rings is 3. The molecule has 0 saturated carbocycles. The third kappa shape index (κ3) is 4.09. The number of fused-ring (bicyclic) bond motifs is 1. The van der Waals surface area contributed by atoms with Gasteiger partial charge in [0.05, 0.1) is 17.1 Å². The van der Waals surface area contributed by atoms with Gasteiger partial charge in [-0.3, -0.25) is 0 Å². The van der Waals surface area contributed by atoms with Crippen LogP contribution in [0.1, 0.15) is 41.8 Å². The first-order valence-corrected chi connectivity index (χ1v) is 12.3. The molecule has 5 rings (SSSR count). The monoisotopic (exact) mass is 450 g/mol. The summed E-state index contributed by atoms with van der Waals surface area (Å²) in [6.07, 6.45) is 0.946. The molecule has 4 heteroatoms. The van der Waals surface area contributed by atoms with Crippen LogP contribution in [0.4, 0.5) is 11.4 Å². The van der Waals surface area contributed by atoms with Crippen LogP contribution in [0.2, 0.25) is 0 Å². The molecular weight excluding hydrogens is 416 g/mol. The van der Waals surface area contributed by atoms with Crippen LogP contribution in [0.5, 0.6) is 0 Å². The minimum atomic E-state index is 0.404. The normalized spacial score (nSPS) is 13.3. The van der Waals surface area contributed by atoms with Crippen LogP contribution in [-0.2, 0) is 13.0 Å². The third-order valence-electron chi connectivity index (χ3n) is 6.76. The first-order chi connectivity index (χ1) is 16.4. The summed E-state index contributed by atoms with van der Waals surface area (Å²) in [6, 6.07) is 24.4. The lowest BCUT2D eigenvalue weighted by atomic mass is 9.99. The predicted octanol–water partition coefficient (Wildman–Crippen LogP) is 6.85. The molecule has 174 valence electrons. The van der Waals surface area contributed by atoms with E-state index in [2.05, 4.69) is 116 Å². The smallest absolute Gasteiger partial charge is 0.0794 e. The van der Waals surface area contributed by atoms with E-state index in [1.54, 1.807) is 0 Å². The van der Waals surface area contributed by atoms with Crippen LogP contribution in [0.15, 0.2) is 66.7 Å². The molecule has 4 nitrogen and oxygen atoms in total. The molecule has 1 aromatic heterocycles. The number of nitrogens with one attached hydrogen (secondary N) is 1. The molecule has 0 radical (unpaired) electrons. The van der Waals surface area contributed by atoms with Gasteiger partial charge in [0.1, 0.15) is 0 Å². The first-order valence-electron chi connectivity index (χ1n) is 12.3. The summed E-state index contributed by atoms with van der Waals surface area (Å²) in [5.41, 5.74) is 12.4. The molecule has 0 spiro atoms. The largest absolute Gasteiger partial charge is 0.383 e. The molecule has 34 heavy (non-hydrogen) atoms. The number of aromatic nitrogens is 2. The zero-order valence-electron chi connectivity index (χ0n) is 20.9. The van der Waals surface area contributed by atoms with Gasteiger partial charge in [-0.2, -0.15) is 5.10 Å². The molecule has 0 bridgehead atoms. The number of nitrogens with zero attached hydrogens (tertiary/aromatic N) is 3. The van der Waals surface area contributed by atoms with E-state index in [9.17, 15) is 0 Å². The Morgan fingerprint density at radius 1 is 0.824 bits per heavy atom. The van der Waals surface area contributed by atoms with Gasteiger partial charge in [-0.1, -0.05) is 48.5 Å². The lowest BCUT2D eigenvalue weighted by molar-refractivity contribution is 0.713. The number of anilines is 2. The Morgan fingerprint density at radius 2 is 1.50 bits per heavy atom. The van der Waals surface area contributed by atoms with Gasteiger partial charge in [-0.25, -0.2) is 4.68 Å². The fourth-order valence-electron chi connectivity index (χ4n) is 5.15. The molecule has 4 aromatic rings. The Bertz CT molecular complexity index is 1290. The Labute approximate surface area is 203 Å². The summed E-state index contributed by atoms with van der Waals surface area (Å²) in [6.45, 7) is 12.8. The Balaban J connectivity index is 1.65. The number of hydrogen-bond donors (Lipinski definition) is 1. The van der Waals surface area contributed by atoms with Gasteiger partial charge in [0.15, 0.2) is 0 Å². The minimum absolute atomic E-state index is 0.404. The van der Waals surface area contributed by atoms with E-state index < -0.39 is 0 Å². The highest BCUT2D eigenvalue weighted by Gasteiger charge is 2.27. The van der Waals surface area contributed by atoms with Gasteiger partial charge in [0.2, 0.25) is 0 Å². The summed E-state index contributed by atoms with van der Waals surface area (Å²) >= 11 is 0. The van der Waals surface area contributed by atoms with Crippen molar-refractivity contribution in [2.24, 2.45) is 0 Å². The van der Waals surface area contributed by atoms with E-state index in [4.69, 9.17) is 5.10 Å². The van der Waals surface area contributed by atoms with Gasteiger partial charge in [0.25, 0.3) is 0 Å². The highest BCUT2D eigenvalue weighted by molar-refractivity contribution is 5.72. The van der Waals surface area contributed by atoms with E-state index in [-0.39, 0.29) is 0 Å². The van der Waals surface area contributed by atoms with E-state index in [0.717, 1.165) is 25.2 Å². The van der Waals surface area contributed by atoms with Crippen LogP contribution >= 0.6 is 0 Å². The zero-order chi connectivity index (χ0) is 23.8. The molecule has 2 heterocycles. The summed E-state index contributed by atoms with van der Waals surface area (Å²) in [5, 5.41) is 8.72. The average molecular weight is 451 g/mol. The van der Waals surface area contributed by atoms with Gasteiger partial charge in [0, 0.05) is 48.1 Å². The van der Waals surface area contributed by atoms with Crippen molar-refractivity contribution in [3.63, 3.8) is 0 Å². The van der Waals surface area contributed by atoms with Crippen molar-refractivity contribution in [2.75, 3.05) is 16.8 Å². The molecule has 1 aliphatic heterocycles. The molecule has 0 aliphatic carbocycles. The molecule has 0 amide bonds. The maximum absolute atomic E-state index is 5.21. The number of aryl methyl sites for hydroxylation is 3. The fourth-order valence-corrected chi connectivity index (χ4v) is 5.15. The molecule has 0 atom stereocenters. The minimum Gasteiger partial charge on any atom is -0.383 e. The quantitative estimate of drug-likeness (QED) is 0.361. The van der Waals surface area contributed by atoms with Crippen molar-refractivity contribution in [3.8, 4) is 16.9 Å². The zero-order valence-corrected chi connectivity index (χ0v) is 20.9. The Morgan fingerprint density at radius 3 is 2.18 bits per heavy atom. The molecule has 0 saturated heterocycles. The third-order valence-corrected chi connectivity index (χ3v) is 6.76. The molecular formula is C30H34N4. The second-order valence-corrected chi connectivity index (χ2v) is 9.76. The predicted molar refractivity (Wildman–Crippen MR) is 143 cm³/mol. The summed E-state index contributed by atoms with van der Waals surface area (Å²) in [5.74, 6) is 0. The Hall–Kier alpha value is -3.53. The summed E-state index contributed by atoms with van der Waals surface area (Å²) < 4.78 is 2.21. The van der Waals surface area contributed by atoms with E-state index in [1.807, 2.05) is 0 Å². The number of para-hydroxylation sites is 2. The summed E-state index contributed by atoms with van der Waals surface area (Å²) in [4.78, 5) is 2.51. The highest BCUT2D eigenvalue weighted by Crippen LogP contribution is 2.36. The van der Waals surface area contributed by atoms with Crippen LogP contribution in [0.3, 0.4) is 0 Å². The van der Waals surface area contributed by atoms with Crippen molar-refractivity contribution >= 4 is 11.4 Å². The topological polar surface area (TPSA) is 33.1 Å². The number of rotatable bonds is 5. The maximum Gasteiger partial charge on any atom is 0.0794 e. The van der Waals surface area contributed by atoms with Gasteiger partial charge in [-0.05, 0) is 69.5 Å². The van der Waals surface area contributed by atoms with Gasteiger partial charge >= 0.3 is 0 Å². The highest BCUT2D eigenvalue weighted by atomic mass is 15.3. The van der Waals surface area contributed by atoms with Gasteiger partial charge in [-0.15, -0.1) is 0 Å². The van der Waals surface area contributed by atoms with Crippen LogP contribution in [0.25, 0.3) is 16.9 Å². The number of hydrogen-bond acceptors (Lipinski definition) is 3. The van der Waals surface area contributed by atoms with Crippen LogP contribution in [-0.4, -0.2) is 22.4 Å². The average Bonchev–Trinajstić information content (AvgIpc) is 3.17. The van der Waals surface area contributed by atoms with Crippen molar-refractivity contribution in [3.05, 3.63) is 94.7 Å².